The van der Waals surface area contributed by atoms with E-state index in [9.17, 15) is 13.2 Å². The van der Waals surface area contributed by atoms with E-state index in [1.807, 2.05) is 4.90 Å². The second kappa shape index (κ2) is 6.98. The summed E-state index contributed by atoms with van der Waals surface area (Å²) < 4.78 is 39.1. The molecular weight excluding hydrogens is 368 g/mol. The van der Waals surface area contributed by atoms with Crippen molar-refractivity contribution in [1.82, 2.24) is 9.21 Å². The molecule has 4 rings (SSSR count). The third kappa shape index (κ3) is 3.29. The normalized spacial score (nSPS) is 25.9. The number of rotatable bonds is 5. The summed E-state index contributed by atoms with van der Waals surface area (Å²) in [6, 6.07) is 4.65. The number of sulfonamides is 1. The Morgan fingerprint density at radius 3 is 2.56 bits per heavy atom. The van der Waals surface area contributed by atoms with Gasteiger partial charge in [-0.05, 0) is 43.7 Å². The van der Waals surface area contributed by atoms with E-state index in [2.05, 4.69) is 0 Å². The zero-order valence-electron chi connectivity index (χ0n) is 15.8. The molecule has 2 heterocycles. The molecule has 2 saturated heterocycles. The number of carbonyl (C=O) groups excluding carboxylic acids is 1. The van der Waals surface area contributed by atoms with Crippen LogP contribution in [-0.4, -0.2) is 63.4 Å². The maximum atomic E-state index is 13.5. The number of ether oxygens (including phenoxy) is 2. The molecule has 0 unspecified atom stereocenters. The van der Waals surface area contributed by atoms with E-state index in [4.69, 9.17) is 9.47 Å². The molecule has 0 spiro atoms. The number of nitrogens with zero attached hydrogens (tertiary/aromatic N) is 2. The summed E-state index contributed by atoms with van der Waals surface area (Å²) in [5.74, 6) is 1.34. The lowest BCUT2D eigenvalue weighted by atomic mass is 9.94. The first-order chi connectivity index (χ1) is 13.0. The fraction of sp³-hybridized carbons (Fsp3) is 0.632. The highest BCUT2D eigenvalue weighted by Crippen LogP contribution is 2.39. The van der Waals surface area contributed by atoms with Crippen LogP contribution < -0.4 is 9.47 Å². The van der Waals surface area contributed by atoms with Crippen LogP contribution in [0.3, 0.4) is 0 Å². The van der Waals surface area contributed by atoms with Gasteiger partial charge in [0.1, 0.15) is 16.4 Å². The molecule has 0 bridgehead atoms. The molecule has 2 atom stereocenters. The Morgan fingerprint density at radius 2 is 1.89 bits per heavy atom. The molecule has 2 aliphatic heterocycles. The number of carbonyl (C=O) groups is 1. The van der Waals surface area contributed by atoms with Crippen molar-refractivity contribution in [1.29, 1.82) is 0 Å². The molecule has 1 aromatic carbocycles. The van der Waals surface area contributed by atoms with Crippen LogP contribution in [0.15, 0.2) is 23.1 Å². The van der Waals surface area contributed by atoms with Crippen molar-refractivity contribution >= 4 is 15.9 Å². The molecule has 0 aromatic heterocycles. The number of fused-ring (bicyclic) bond motifs is 1. The Kier molecular flexibility index (Phi) is 4.80. The molecule has 27 heavy (non-hydrogen) atoms. The van der Waals surface area contributed by atoms with Crippen LogP contribution in [-0.2, 0) is 14.8 Å². The van der Waals surface area contributed by atoms with Crippen LogP contribution in [0.1, 0.15) is 25.7 Å². The van der Waals surface area contributed by atoms with Crippen molar-refractivity contribution in [2.75, 3.05) is 33.9 Å². The van der Waals surface area contributed by atoms with Gasteiger partial charge in [-0.1, -0.05) is 0 Å². The van der Waals surface area contributed by atoms with E-state index < -0.39 is 10.0 Å². The summed E-state index contributed by atoms with van der Waals surface area (Å²) in [6.07, 6.45) is 3.69. The summed E-state index contributed by atoms with van der Waals surface area (Å²) >= 11 is 0. The zero-order valence-corrected chi connectivity index (χ0v) is 16.6. The Bertz CT molecular complexity index is 837. The number of likely N-dealkylation sites (tertiary alicyclic amines) is 1. The maximum Gasteiger partial charge on any atom is 0.247 e. The monoisotopic (exact) mass is 394 g/mol. The molecule has 1 saturated carbocycles. The minimum Gasteiger partial charge on any atom is -0.497 e. The van der Waals surface area contributed by atoms with Crippen molar-refractivity contribution < 1.29 is 22.7 Å². The first kappa shape index (κ1) is 18.6. The predicted molar refractivity (Wildman–Crippen MR) is 99.3 cm³/mol. The maximum absolute atomic E-state index is 13.5. The number of piperidine rings is 1. The predicted octanol–water partition coefficient (Wildman–Crippen LogP) is 1.73. The van der Waals surface area contributed by atoms with Crippen LogP contribution in [0.4, 0.5) is 0 Å². The standard InChI is InChI=1S/C19H26N2O5S/c1-25-15-7-8-17(26-2)18(10-15)27(23,24)21-9-3-4-14-11-20(12-16(14)21)19(22)13-5-6-13/h7-8,10,13-14,16H,3-6,9,11-12H2,1-2H3/t14-,16+/m1/s1. The van der Waals surface area contributed by atoms with Gasteiger partial charge in [-0.2, -0.15) is 4.31 Å². The second-order valence-corrected chi connectivity index (χ2v) is 9.48. The van der Waals surface area contributed by atoms with Gasteiger partial charge in [0.15, 0.2) is 0 Å². The summed E-state index contributed by atoms with van der Waals surface area (Å²) in [7, 11) is -0.784. The van der Waals surface area contributed by atoms with Gasteiger partial charge in [-0.25, -0.2) is 8.42 Å². The van der Waals surface area contributed by atoms with Crippen molar-refractivity contribution in [2.45, 2.75) is 36.6 Å². The van der Waals surface area contributed by atoms with Crippen LogP contribution in [0.2, 0.25) is 0 Å². The van der Waals surface area contributed by atoms with Gasteiger partial charge >= 0.3 is 0 Å². The molecule has 148 valence electrons. The zero-order chi connectivity index (χ0) is 19.2. The fourth-order valence-electron chi connectivity index (χ4n) is 4.32. The van der Waals surface area contributed by atoms with E-state index in [0.717, 1.165) is 25.7 Å². The smallest absolute Gasteiger partial charge is 0.247 e. The molecule has 0 radical (unpaired) electrons. The first-order valence-electron chi connectivity index (χ1n) is 9.48. The lowest BCUT2D eigenvalue weighted by molar-refractivity contribution is -0.131. The Hall–Kier alpha value is -1.80. The lowest BCUT2D eigenvalue weighted by Crippen LogP contribution is -2.48. The van der Waals surface area contributed by atoms with Gasteiger partial charge in [0.05, 0.1) is 14.2 Å². The first-order valence-corrected chi connectivity index (χ1v) is 10.9. The van der Waals surface area contributed by atoms with Gasteiger partial charge < -0.3 is 14.4 Å². The molecule has 1 aliphatic carbocycles. The average Bonchev–Trinajstić information content (AvgIpc) is 3.44. The number of benzene rings is 1. The largest absolute Gasteiger partial charge is 0.497 e. The average molecular weight is 394 g/mol. The van der Waals surface area contributed by atoms with E-state index in [1.165, 1.54) is 20.3 Å². The minimum absolute atomic E-state index is 0.122. The van der Waals surface area contributed by atoms with Gasteiger partial charge in [0.2, 0.25) is 15.9 Å². The Morgan fingerprint density at radius 1 is 1.11 bits per heavy atom. The van der Waals surface area contributed by atoms with E-state index >= 15 is 0 Å². The van der Waals surface area contributed by atoms with Crippen molar-refractivity contribution in [3.8, 4) is 11.5 Å². The van der Waals surface area contributed by atoms with Crippen LogP contribution >= 0.6 is 0 Å². The van der Waals surface area contributed by atoms with Crippen LogP contribution in [0.5, 0.6) is 11.5 Å². The summed E-state index contributed by atoms with van der Waals surface area (Å²) in [4.78, 5) is 14.5. The van der Waals surface area contributed by atoms with Gasteiger partial charge in [-0.15, -0.1) is 0 Å². The Balaban J connectivity index is 1.64. The second-order valence-electron chi connectivity index (χ2n) is 7.62. The SMILES string of the molecule is COc1ccc(OC)c(S(=O)(=O)N2CCC[C@@H]3CN(C(=O)C4CC4)C[C@@H]32)c1. The minimum atomic E-state index is -3.75. The topological polar surface area (TPSA) is 76.2 Å². The van der Waals surface area contributed by atoms with Crippen molar-refractivity contribution in [3.05, 3.63) is 18.2 Å². The van der Waals surface area contributed by atoms with Crippen molar-refractivity contribution in [2.24, 2.45) is 11.8 Å². The Labute approximate surface area is 160 Å². The molecular formula is C19H26N2O5S. The van der Waals surface area contributed by atoms with Gasteiger partial charge in [0.25, 0.3) is 0 Å². The van der Waals surface area contributed by atoms with Gasteiger partial charge in [-0.3, -0.25) is 4.79 Å². The molecule has 0 N–H and O–H groups in total. The van der Waals surface area contributed by atoms with Crippen LogP contribution in [0.25, 0.3) is 0 Å². The van der Waals surface area contributed by atoms with E-state index in [-0.39, 0.29) is 28.7 Å². The lowest BCUT2D eigenvalue weighted by Gasteiger charge is -2.35. The molecule has 3 fully saturated rings. The number of amides is 1. The number of hydrogen-bond donors (Lipinski definition) is 0. The molecule has 7 nitrogen and oxygen atoms in total. The van der Waals surface area contributed by atoms with Gasteiger partial charge in [0, 0.05) is 37.7 Å². The molecule has 8 heteroatoms. The van der Waals surface area contributed by atoms with E-state index in [0.29, 0.717) is 31.1 Å². The molecule has 1 aromatic rings. The summed E-state index contributed by atoms with van der Waals surface area (Å²) in [6.45, 7) is 1.63. The van der Waals surface area contributed by atoms with Crippen molar-refractivity contribution in [3.63, 3.8) is 0 Å². The summed E-state index contributed by atoms with van der Waals surface area (Å²) in [5.41, 5.74) is 0. The third-order valence-electron chi connectivity index (χ3n) is 5.93. The molecule has 1 amide bonds. The summed E-state index contributed by atoms with van der Waals surface area (Å²) in [5, 5.41) is 0. The highest BCUT2D eigenvalue weighted by atomic mass is 32.2. The van der Waals surface area contributed by atoms with E-state index in [1.54, 1.807) is 16.4 Å². The number of methoxy groups -OCH3 is 2. The quantitative estimate of drug-likeness (QED) is 0.760. The van der Waals surface area contributed by atoms with Crippen LogP contribution in [0, 0.1) is 11.8 Å². The highest BCUT2D eigenvalue weighted by molar-refractivity contribution is 7.89. The third-order valence-corrected chi connectivity index (χ3v) is 7.87. The fourth-order valence-corrected chi connectivity index (χ4v) is 6.21. The molecule has 3 aliphatic rings. The highest BCUT2D eigenvalue weighted by Gasteiger charge is 2.47. The number of hydrogen-bond acceptors (Lipinski definition) is 5.